The first-order valence-electron chi connectivity index (χ1n) is 6.04. The lowest BCUT2D eigenvalue weighted by Gasteiger charge is -2.37. The molecule has 0 amide bonds. The molecule has 0 saturated carbocycles. The van der Waals surface area contributed by atoms with Crippen LogP contribution in [0.1, 0.15) is 32.4 Å². The Morgan fingerprint density at radius 1 is 1.35 bits per heavy atom. The first-order valence-corrected chi connectivity index (χ1v) is 6.04. The predicted molar refractivity (Wildman–Crippen MR) is 70.5 cm³/mol. The number of nitrogen functional groups attached to an aromatic ring is 1. The molecule has 92 valence electrons. The molecule has 4 nitrogen and oxygen atoms in total. The Bertz CT molecular complexity index is 415. The van der Waals surface area contributed by atoms with Crippen LogP contribution in [-0.4, -0.2) is 23.9 Å². The number of pyridine rings is 1. The van der Waals surface area contributed by atoms with Crippen LogP contribution in [0.4, 0.5) is 5.82 Å². The minimum Gasteiger partial charge on any atom is -0.382 e. The molecule has 1 saturated heterocycles. The van der Waals surface area contributed by atoms with Gasteiger partial charge >= 0.3 is 0 Å². The molecule has 0 radical (unpaired) electrons. The topological polar surface area (TPSA) is 66.0 Å². The summed E-state index contributed by atoms with van der Waals surface area (Å²) in [5, 5.41) is 7.41. The molecular weight excluding hydrogens is 212 g/mol. The molecular formula is C13H20N4. The molecule has 2 rings (SSSR count). The van der Waals surface area contributed by atoms with Crippen molar-refractivity contribution in [2.45, 2.75) is 26.7 Å². The van der Waals surface area contributed by atoms with Gasteiger partial charge in [-0.2, -0.15) is 0 Å². The Labute approximate surface area is 102 Å². The zero-order chi connectivity index (χ0) is 12.5. The van der Waals surface area contributed by atoms with Crippen LogP contribution in [0.5, 0.6) is 0 Å². The summed E-state index contributed by atoms with van der Waals surface area (Å²) < 4.78 is 0. The van der Waals surface area contributed by atoms with E-state index in [1.165, 1.54) is 12.8 Å². The number of nitrogens with zero attached hydrogens (tertiary/aromatic N) is 2. The van der Waals surface area contributed by atoms with Gasteiger partial charge in [-0.3, -0.25) is 5.41 Å². The van der Waals surface area contributed by atoms with Crippen molar-refractivity contribution in [3.8, 4) is 0 Å². The van der Waals surface area contributed by atoms with Gasteiger partial charge in [0.1, 0.15) is 17.3 Å². The average molecular weight is 232 g/mol. The Morgan fingerprint density at radius 3 is 2.59 bits per heavy atom. The van der Waals surface area contributed by atoms with Crippen LogP contribution >= 0.6 is 0 Å². The van der Waals surface area contributed by atoms with Crippen molar-refractivity contribution in [1.29, 1.82) is 5.41 Å². The fourth-order valence-electron chi connectivity index (χ4n) is 2.09. The van der Waals surface area contributed by atoms with Crippen molar-refractivity contribution in [3.63, 3.8) is 0 Å². The third-order valence-electron chi connectivity index (χ3n) is 3.45. The molecule has 0 unspecified atom stereocenters. The maximum absolute atomic E-state index is 7.41. The number of aromatic nitrogens is 1. The number of rotatable bonds is 2. The molecule has 0 atom stereocenters. The lowest BCUT2D eigenvalue weighted by Crippen LogP contribution is -2.38. The second-order valence-electron chi connectivity index (χ2n) is 5.45. The van der Waals surface area contributed by atoms with Crippen molar-refractivity contribution in [2.75, 3.05) is 18.0 Å². The van der Waals surface area contributed by atoms with Crippen LogP contribution in [-0.2, 0) is 0 Å². The molecule has 1 fully saturated rings. The van der Waals surface area contributed by atoms with Crippen molar-refractivity contribution in [1.82, 2.24) is 4.98 Å². The Balaban J connectivity index is 2.13. The van der Waals surface area contributed by atoms with Gasteiger partial charge in [0, 0.05) is 13.1 Å². The number of anilines is 1. The van der Waals surface area contributed by atoms with Crippen molar-refractivity contribution in [2.24, 2.45) is 11.1 Å². The smallest absolute Gasteiger partial charge is 0.141 e. The zero-order valence-corrected chi connectivity index (χ0v) is 10.5. The summed E-state index contributed by atoms with van der Waals surface area (Å²) in [5.74, 6) is 0.970. The van der Waals surface area contributed by atoms with Crippen LogP contribution < -0.4 is 10.6 Å². The number of hydrogen-bond acceptors (Lipinski definition) is 3. The third-order valence-corrected chi connectivity index (χ3v) is 3.45. The van der Waals surface area contributed by atoms with Crippen LogP contribution in [0.3, 0.4) is 0 Å². The summed E-state index contributed by atoms with van der Waals surface area (Å²) in [6.45, 7) is 6.68. The van der Waals surface area contributed by atoms with E-state index in [4.69, 9.17) is 11.1 Å². The summed E-state index contributed by atoms with van der Waals surface area (Å²) in [4.78, 5) is 6.70. The highest BCUT2D eigenvalue weighted by Crippen LogP contribution is 2.31. The van der Waals surface area contributed by atoms with Crippen LogP contribution in [0, 0.1) is 10.8 Å². The van der Waals surface area contributed by atoms with Gasteiger partial charge in [-0.15, -0.1) is 0 Å². The van der Waals surface area contributed by atoms with E-state index in [9.17, 15) is 0 Å². The van der Waals surface area contributed by atoms with Crippen LogP contribution in [0.15, 0.2) is 18.2 Å². The molecule has 1 aliphatic heterocycles. The van der Waals surface area contributed by atoms with E-state index in [0.29, 0.717) is 11.1 Å². The quantitative estimate of drug-likeness (QED) is 0.605. The molecule has 2 heterocycles. The van der Waals surface area contributed by atoms with Gasteiger partial charge in [0.05, 0.1) is 0 Å². The maximum Gasteiger partial charge on any atom is 0.141 e. The molecule has 3 N–H and O–H groups in total. The fourth-order valence-corrected chi connectivity index (χ4v) is 2.09. The molecule has 1 aromatic rings. The van der Waals surface area contributed by atoms with E-state index < -0.39 is 0 Å². The van der Waals surface area contributed by atoms with Gasteiger partial charge in [0.2, 0.25) is 0 Å². The molecule has 0 spiro atoms. The molecule has 1 aromatic heterocycles. The van der Waals surface area contributed by atoms with Gasteiger partial charge in [0.15, 0.2) is 0 Å². The summed E-state index contributed by atoms with van der Waals surface area (Å²) in [5.41, 5.74) is 6.46. The van der Waals surface area contributed by atoms with E-state index in [1.807, 2.05) is 12.1 Å². The highest BCUT2D eigenvalue weighted by molar-refractivity contribution is 5.93. The fraction of sp³-hybridized carbons (Fsp3) is 0.538. The lowest BCUT2D eigenvalue weighted by molar-refractivity contribution is 0.279. The summed E-state index contributed by atoms with van der Waals surface area (Å²) in [6, 6.07) is 5.68. The first-order chi connectivity index (χ1) is 7.98. The van der Waals surface area contributed by atoms with Gasteiger partial charge in [-0.05, 0) is 30.4 Å². The SMILES string of the molecule is CC1(C)CCN(c2cccc(C(=N)N)n2)CC1. The minimum atomic E-state index is 0.0317. The van der Waals surface area contributed by atoms with Gasteiger partial charge in [-0.25, -0.2) is 4.98 Å². The van der Waals surface area contributed by atoms with Crippen molar-refractivity contribution in [3.05, 3.63) is 23.9 Å². The molecule has 0 aromatic carbocycles. The number of piperidine rings is 1. The van der Waals surface area contributed by atoms with Crippen LogP contribution in [0.25, 0.3) is 0 Å². The number of hydrogen-bond donors (Lipinski definition) is 2. The van der Waals surface area contributed by atoms with E-state index in [-0.39, 0.29) is 5.84 Å². The molecule has 17 heavy (non-hydrogen) atoms. The van der Waals surface area contributed by atoms with Gasteiger partial charge in [0.25, 0.3) is 0 Å². The zero-order valence-electron chi connectivity index (χ0n) is 10.5. The summed E-state index contributed by atoms with van der Waals surface area (Å²) in [7, 11) is 0. The highest BCUT2D eigenvalue weighted by atomic mass is 15.2. The normalized spacial score (nSPS) is 19.1. The first kappa shape index (κ1) is 11.9. The standard InChI is InChI=1S/C13H20N4/c1-13(2)6-8-17(9-7-13)11-5-3-4-10(16-11)12(14)15/h3-5H,6-9H2,1-2H3,(H3,14,15). The number of amidine groups is 1. The molecule has 0 aliphatic carbocycles. The van der Waals surface area contributed by atoms with Crippen molar-refractivity contribution >= 4 is 11.7 Å². The Kier molecular flexibility index (Phi) is 3.05. The predicted octanol–water partition coefficient (Wildman–Crippen LogP) is 1.99. The largest absolute Gasteiger partial charge is 0.382 e. The minimum absolute atomic E-state index is 0.0317. The number of nitrogens with two attached hydrogens (primary N) is 1. The monoisotopic (exact) mass is 232 g/mol. The second-order valence-corrected chi connectivity index (χ2v) is 5.45. The molecule has 4 heteroatoms. The Hall–Kier alpha value is -1.58. The van der Waals surface area contributed by atoms with Crippen molar-refractivity contribution < 1.29 is 0 Å². The van der Waals surface area contributed by atoms with Crippen LogP contribution in [0.2, 0.25) is 0 Å². The lowest BCUT2D eigenvalue weighted by atomic mass is 9.83. The number of nitrogens with one attached hydrogen (secondary N) is 1. The average Bonchev–Trinajstić information content (AvgIpc) is 2.29. The Morgan fingerprint density at radius 2 is 2.00 bits per heavy atom. The van der Waals surface area contributed by atoms with E-state index in [0.717, 1.165) is 18.9 Å². The third kappa shape index (κ3) is 2.75. The van der Waals surface area contributed by atoms with Gasteiger partial charge in [-0.1, -0.05) is 19.9 Å². The van der Waals surface area contributed by atoms with E-state index in [2.05, 4.69) is 23.7 Å². The maximum atomic E-state index is 7.41. The van der Waals surface area contributed by atoms with E-state index in [1.54, 1.807) is 6.07 Å². The highest BCUT2D eigenvalue weighted by Gasteiger charge is 2.25. The van der Waals surface area contributed by atoms with Gasteiger partial charge < -0.3 is 10.6 Å². The van der Waals surface area contributed by atoms with E-state index >= 15 is 0 Å². The molecule has 0 bridgehead atoms. The summed E-state index contributed by atoms with van der Waals surface area (Å²) in [6.07, 6.45) is 2.36. The summed E-state index contributed by atoms with van der Waals surface area (Å²) >= 11 is 0. The molecule has 1 aliphatic rings. The second kappa shape index (κ2) is 4.35.